The molecule has 1 aromatic carbocycles. The number of hydrogen-bond acceptors (Lipinski definition) is 4. The maximum Gasteiger partial charge on any atom is 0.277 e. The van der Waals surface area contributed by atoms with Crippen LogP contribution in [0, 0.1) is 10.1 Å². The Labute approximate surface area is 94.4 Å². The molecule has 1 aliphatic rings. The molecule has 6 heteroatoms. The highest BCUT2D eigenvalue weighted by atomic mass is 32.2. The SMILES string of the molecule is O=[N+]([O-])C1=C[SH](Oc2ccccc2O)C=C1. The van der Waals surface area contributed by atoms with Gasteiger partial charge >= 0.3 is 0 Å². The topological polar surface area (TPSA) is 72.6 Å². The summed E-state index contributed by atoms with van der Waals surface area (Å²) in [6.07, 6.45) is 1.41. The zero-order valence-electron chi connectivity index (χ0n) is 8.11. The molecule has 1 heterocycles. The first-order valence-corrected chi connectivity index (χ1v) is 5.85. The molecule has 16 heavy (non-hydrogen) atoms. The fourth-order valence-electron chi connectivity index (χ4n) is 1.18. The van der Waals surface area contributed by atoms with Gasteiger partial charge in [0.05, 0.1) is 10.3 Å². The van der Waals surface area contributed by atoms with Gasteiger partial charge < -0.3 is 9.29 Å². The average molecular weight is 239 g/mol. The number of rotatable bonds is 3. The molecule has 1 aromatic rings. The zero-order chi connectivity index (χ0) is 11.5. The summed E-state index contributed by atoms with van der Waals surface area (Å²) in [5.41, 5.74) is 0.0292. The molecule has 1 aliphatic heterocycles. The van der Waals surface area contributed by atoms with Gasteiger partial charge in [-0.05, 0) is 17.5 Å². The summed E-state index contributed by atoms with van der Waals surface area (Å²) in [5, 5.41) is 23.0. The molecule has 0 radical (unpaired) electrons. The first-order chi connectivity index (χ1) is 7.66. The van der Waals surface area contributed by atoms with Gasteiger partial charge in [0.2, 0.25) is 0 Å². The lowest BCUT2D eigenvalue weighted by Crippen LogP contribution is -1.92. The van der Waals surface area contributed by atoms with Gasteiger partial charge in [-0.25, -0.2) is 0 Å². The largest absolute Gasteiger partial charge is 0.504 e. The van der Waals surface area contributed by atoms with E-state index in [2.05, 4.69) is 0 Å². The van der Waals surface area contributed by atoms with Gasteiger partial charge in [0.15, 0.2) is 11.5 Å². The van der Waals surface area contributed by atoms with E-state index in [0.717, 1.165) is 0 Å². The molecule has 5 nitrogen and oxygen atoms in total. The molecule has 0 saturated heterocycles. The second-order valence-corrected chi connectivity index (χ2v) is 4.50. The Balaban J connectivity index is 2.11. The van der Waals surface area contributed by atoms with Crippen molar-refractivity contribution in [1.82, 2.24) is 0 Å². The van der Waals surface area contributed by atoms with E-state index in [-0.39, 0.29) is 11.4 Å². The quantitative estimate of drug-likeness (QED) is 0.482. The molecule has 1 atom stereocenters. The molecule has 0 bridgehead atoms. The summed E-state index contributed by atoms with van der Waals surface area (Å²) < 4.78 is 5.43. The van der Waals surface area contributed by atoms with Crippen molar-refractivity contribution >= 4 is 11.2 Å². The summed E-state index contributed by atoms with van der Waals surface area (Å²) in [4.78, 5) is 9.99. The highest BCUT2D eigenvalue weighted by molar-refractivity contribution is 8.18. The minimum atomic E-state index is -1.15. The second-order valence-electron chi connectivity index (χ2n) is 3.05. The van der Waals surface area contributed by atoms with Crippen molar-refractivity contribution < 1.29 is 14.2 Å². The number of para-hydroxylation sites is 2. The van der Waals surface area contributed by atoms with Gasteiger partial charge in [0.25, 0.3) is 5.70 Å². The molecule has 0 aliphatic carbocycles. The first kappa shape index (κ1) is 10.6. The molecule has 0 saturated carbocycles. The Morgan fingerprint density at radius 3 is 2.75 bits per heavy atom. The van der Waals surface area contributed by atoms with Gasteiger partial charge in [-0.2, -0.15) is 0 Å². The summed E-state index contributed by atoms with van der Waals surface area (Å²) in [7, 11) is 0. The highest BCUT2D eigenvalue weighted by Gasteiger charge is 2.16. The fourth-order valence-corrected chi connectivity index (χ4v) is 2.50. The van der Waals surface area contributed by atoms with E-state index in [9.17, 15) is 15.2 Å². The van der Waals surface area contributed by atoms with Crippen molar-refractivity contribution in [2.45, 2.75) is 0 Å². The lowest BCUT2D eigenvalue weighted by molar-refractivity contribution is -0.418. The number of phenols is 1. The van der Waals surface area contributed by atoms with Crippen LogP contribution in [0.5, 0.6) is 11.5 Å². The van der Waals surface area contributed by atoms with Gasteiger partial charge in [-0.3, -0.25) is 10.1 Å². The van der Waals surface area contributed by atoms with E-state index in [1.54, 1.807) is 23.6 Å². The minimum absolute atomic E-state index is 0.0290. The van der Waals surface area contributed by atoms with E-state index in [1.807, 2.05) is 0 Å². The number of hydrogen-bond donors (Lipinski definition) is 2. The van der Waals surface area contributed by atoms with Gasteiger partial charge in [-0.1, -0.05) is 23.3 Å². The number of nitrogens with zero attached hydrogens (tertiary/aromatic N) is 1. The Hall–Kier alpha value is -1.95. The number of phenolic OH excluding ortho intramolecular Hbond substituents is 1. The van der Waals surface area contributed by atoms with E-state index in [1.165, 1.54) is 17.6 Å². The minimum Gasteiger partial charge on any atom is -0.504 e. The van der Waals surface area contributed by atoms with E-state index < -0.39 is 16.1 Å². The van der Waals surface area contributed by atoms with Crippen molar-refractivity contribution in [2.75, 3.05) is 0 Å². The summed E-state index contributed by atoms with van der Waals surface area (Å²) >= 11 is -1.15. The second kappa shape index (κ2) is 4.28. The standard InChI is InChI=1S/C10H9NO4S/c12-9-3-1-2-4-10(9)15-16-6-5-8(7-16)11(13)14/h1-7,12,16H. The molecule has 1 N–H and O–H groups in total. The molecular weight excluding hydrogens is 230 g/mol. The molecule has 0 amide bonds. The van der Waals surface area contributed by atoms with Crippen LogP contribution < -0.4 is 4.18 Å². The smallest absolute Gasteiger partial charge is 0.277 e. The van der Waals surface area contributed by atoms with Crippen molar-refractivity contribution in [3.05, 3.63) is 57.0 Å². The molecule has 2 rings (SSSR count). The maximum absolute atomic E-state index is 10.5. The summed E-state index contributed by atoms with van der Waals surface area (Å²) in [6, 6.07) is 6.52. The molecule has 0 aromatic heterocycles. The lowest BCUT2D eigenvalue weighted by atomic mass is 10.3. The van der Waals surface area contributed by atoms with Crippen molar-refractivity contribution in [3.63, 3.8) is 0 Å². The number of aromatic hydroxyl groups is 1. The number of thiol groups is 1. The number of allylic oxidation sites excluding steroid dienone is 1. The van der Waals surface area contributed by atoms with Crippen molar-refractivity contribution in [3.8, 4) is 11.5 Å². The molecule has 1 unspecified atom stereocenters. The summed E-state index contributed by atoms with van der Waals surface area (Å²) in [5.74, 6) is 0.362. The average Bonchev–Trinajstić information content (AvgIpc) is 2.70. The van der Waals surface area contributed by atoms with Crippen molar-refractivity contribution in [1.29, 1.82) is 0 Å². The molecule has 0 spiro atoms. The normalized spacial score (nSPS) is 20.5. The van der Waals surface area contributed by atoms with Gasteiger partial charge in [-0.15, -0.1) is 0 Å². The first-order valence-electron chi connectivity index (χ1n) is 4.45. The van der Waals surface area contributed by atoms with Crippen LogP contribution >= 0.6 is 11.2 Å². The van der Waals surface area contributed by atoms with E-state index in [4.69, 9.17) is 4.18 Å². The van der Waals surface area contributed by atoms with Crippen LogP contribution in [0.15, 0.2) is 46.9 Å². The van der Waals surface area contributed by atoms with Crippen LogP contribution in [0.2, 0.25) is 0 Å². The fraction of sp³-hybridized carbons (Fsp3) is 0. The van der Waals surface area contributed by atoms with Crippen LogP contribution in [0.25, 0.3) is 0 Å². The van der Waals surface area contributed by atoms with Crippen LogP contribution in [0.3, 0.4) is 0 Å². The lowest BCUT2D eigenvalue weighted by Gasteiger charge is -2.12. The van der Waals surface area contributed by atoms with Crippen LogP contribution in [0.1, 0.15) is 0 Å². The summed E-state index contributed by atoms with van der Waals surface area (Å²) in [6.45, 7) is 0. The monoisotopic (exact) mass is 239 g/mol. The number of benzene rings is 1. The van der Waals surface area contributed by atoms with Crippen molar-refractivity contribution in [2.24, 2.45) is 0 Å². The van der Waals surface area contributed by atoms with Crippen LogP contribution in [0.4, 0.5) is 0 Å². The molecular formula is C10H9NO4S. The molecule has 0 fully saturated rings. The van der Waals surface area contributed by atoms with Crippen LogP contribution in [-0.2, 0) is 0 Å². The third-order valence-corrected chi connectivity index (χ3v) is 3.30. The van der Waals surface area contributed by atoms with E-state index >= 15 is 0 Å². The molecule has 84 valence electrons. The third kappa shape index (κ3) is 2.17. The van der Waals surface area contributed by atoms with E-state index in [0.29, 0.717) is 5.75 Å². The van der Waals surface area contributed by atoms with Gasteiger partial charge in [0, 0.05) is 6.08 Å². The third-order valence-electron chi connectivity index (χ3n) is 1.93. The Kier molecular flexibility index (Phi) is 2.82. The van der Waals surface area contributed by atoms with Gasteiger partial charge in [0.1, 0.15) is 0 Å². The predicted octanol–water partition coefficient (Wildman–Crippen LogP) is 2.33. The zero-order valence-corrected chi connectivity index (χ0v) is 9.00. The van der Waals surface area contributed by atoms with Crippen LogP contribution in [-0.4, -0.2) is 10.0 Å². The predicted molar refractivity (Wildman–Crippen MR) is 61.9 cm³/mol. The highest BCUT2D eigenvalue weighted by Crippen LogP contribution is 2.41. The number of nitro groups is 1. The maximum atomic E-state index is 10.5. The Morgan fingerprint density at radius 2 is 2.12 bits per heavy atom. The Bertz CT molecular complexity index is 483. The Morgan fingerprint density at radius 1 is 1.38 bits per heavy atom.